The molecule has 9 heteroatoms. The fraction of sp³-hybridized carbons (Fsp3) is 0.583. The molecule has 1 aromatic rings. The smallest absolute Gasteiger partial charge is 0.410 e. The molecule has 1 atom stereocenters. The Hall–Kier alpha value is -2.94. The van der Waals surface area contributed by atoms with Crippen LogP contribution in [-0.2, 0) is 27.4 Å². The summed E-state index contributed by atoms with van der Waals surface area (Å²) < 4.78 is 5.45. The van der Waals surface area contributed by atoms with Crippen molar-refractivity contribution in [2.24, 2.45) is 5.41 Å². The highest BCUT2D eigenvalue weighted by Crippen LogP contribution is 2.41. The van der Waals surface area contributed by atoms with Gasteiger partial charge in [-0.25, -0.2) is 4.79 Å². The standard InChI is InChI=1S/C24H30N4O5/c1-23(2,3)33-22(32)27-13-24(14-27)11-26(12-24)9-15-5-4-6-16-17(15)10-28(21(16)31)18-7-8-19(29)25-20(18)30/h4-6,18H,7-14H2,1-3H3,(H,25,29,30). The van der Waals surface area contributed by atoms with Crippen molar-refractivity contribution in [3.05, 3.63) is 34.9 Å². The van der Waals surface area contributed by atoms with Crippen LogP contribution < -0.4 is 5.32 Å². The maximum absolute atomic E-state index is 13.0. The summed E-state index contributed by atoms with van der Waals surface area (Å²) in [7, 11) is 0. The lowest BCUT2D eigenvalue weighted by Crippen LogP contribution is -2.72. The van der Waals surface area contributed by atoms with E-state index in [9.17, 15) is 19.2 Å². The first-order valence-corrected chi connectivity index (χ1v) is 11.5. The highest BCUT2D eigenvalue weighted by atomic mass is 16.6. The number of benzene rings is 1. The minimum absolute atomic E-state index is 0.142. The topological polar surface area (TPSA) is 99.3 Å². The van der Waals surface area contributed by atoms with Crippen molar-refractivity contribution in [3.63, 3.8) is 0 Å². The molecule has 4 heterocycles. The summed E-state index contributed by atoms with van der Waals surface area (Å²) in [5.41, 5.74) is 2.36. The number of imide groups is 1. The fourth-order valence-corrected chi connectivity index (χ4v) is 5.47. The van der Waals surface area contributed by atoms with Gasteiger partial charge >= 0.3 is 6.09 Å². The van der Waals surface area contributed by atoms with Crippen LogP contribution in [0.15, 0.2) is 18.2 Å². The van der Waals surface area contributed by atoms with Crippen molar-refractivity contribution in [2.45, 2.75) is 58.3 Å². The van der Waals surface area contributed by atoms with Crippen LogP contribution in [0.4, 0.5) is 4.79 Å². The normalized spacial score (nSPS) is 24.3. The van der Waals surface area contributed by atoms with Gasteiger partial charge in [0.2, 0.25) is 11.8 Å². The second-order valence-electron chi connectivity index (χ2n) is 10.8. The van der Waals surface area contributed by atoms with Crippen LogP contribution in [0, 0.1) is 5.41 Å². The minimum atomic E-state index is -0.600. The summed E-state index contributed by atoms with van der Waals surface area (Å²) in [5.74, 6) is -0.819. The summed E-state index contributed by atoms with van der Waals surface area (Å²) in [6, 6.07) is 5.15. The Kier molecular flexibility index (Phi) is 5.00. The van der Waals surface area contributed by atoms with E-state index in [1.165, 1.54) is 0 Å². The van der Waals surface area contributed by atoms with Gasteiger partial charge < -0.3 is 14.5 Å². The van der Waals surface area contributed by atoms with Gasteiger partial charge in [0.15, 0.2) is 0 Å². The molecule has 33 heavy (non-hydrogen) atoms. The molecule has 176 valence electrons. The van der Waals surface area contributed by atoms with Crippen molar-refractivity contribution in [1.82, 2.24) is 20.0 Å². The number of amides is 4. The molecular weight excluding hydrogens is 424 g/mol. The first-order valence-electron chi connectivity index (χ1n) is 11.5. The summed E-state index contributed by atoms with van der Waals surface area (Å²) in [6.07, 6.45) is 0.363. The molecular formula is C24H30N4O5. The van der Waals surface area contributed by atoms with Crippen LogP contribution in [0.25, 0.3) is 0 Å². The Morgan fingerprint density at radius 2 is 1.88 bits per heavy atom. The van der Waals surface area contributed by atoms with Gasteiger partial charge in [-0.3, -0.25) is 24.6 Å². The van der Waals surface area contributed by atoms with E-state index >= 15 is 0 Å². The van der Waals surface area contributed by atoms with Crippen LogP contribution in [-0.4, -0.2) is 76.3 Å². The first kappa shape index (κ1) is 21.9. The quantitative estimate of drug-likeness (QED) is 0.695. The first-order chi connectivity index (χ1) is 15.5. The highest BCUT2D eigenvalue weighted by molar-refractivity contribution is 6.05. The molecule has 3 fully saturated rings. The summed E-state index contributed by atoms with van der Waals surface area (Å²) in [6.45, 7) is 9.97. The predicted molar refractivity (Wildman–Crippen MR) is 118 cm³/mol. The van der Waals surface area contributed by atoms with Gasteiger partial charge in [-0.2, -0.15) is 0 Å². The molecule has 5 rings (SSSR count). The number of piperidine rings is 1. The maximum Gasteiger partial charge on any atom is 0.410 e. The zero-order valence-corrected chi connectivity index (χ0v) is 19.3. The number of nitrogens with one attached hydrogen (secondary N) is 1. The Labute approximate surface area is 193 Å². The van der Waals surface area contributed by atoms with Gasteiger partial charge in [0.1, 0.15) is 11.6 Å². The molecule has 4 aliphatic heterocycles. The average molecular weight is 455 g/mol. The molecule has 3 saturated heterocycles. The van der Waals surface area contributed by atoms with Crippen LogP contribution in [0.5, 0.6) is 0 Å². The lowest BCUT2D eigenvalue weighted by Gasteiger charge is -2.60. The van der Waals surface area contributed by atoms with Crippen LogP contribution in [0.1, 0.15) is 55.1 Å². The maximum atomic E-state index is 13.0. The van der Waals surface area contributed by atoms with E-state index < -0.39 is 17.6 Å². The van der Waals surface area contributed by atoms with E-state index in [0.29, 0.717) is 31.6 Å². The largest absolute Gasteiger partial charge is 0.444 e. The molecule has 1 N–H and O–H groups in total. The van der Waals surface area contributed by atoms with E-state index in [1.54, 1.807) is 9.80 Å². The van der Waals surface area contributed by atoms with E-state index in [0.717, 1.165) is 30.8 Å². The molecule has 0 radical (unpaired) electrons. The monoisotopic (exact) mass is 454 g/mol. The number of fused-ring (bicyclic) bond motifs is 1. The van der Waals surface area contributed by atoms with Crippen molar-refractivity contribution in [2.75, 3.05) is 26.2 Å². The van der Waals surface area contributed by atoms with Crippen molar-refractivity contribution >= 4 is 23.8 Å². The molecule has 1 spiro atoms. The fourth-order valence-electron chi connectivity index (χ4n) is 5.47. The second-order valence-corrected chi connectivity index (χ2v) is 10.8. The van der Waals surface area contributed by atoms with Gasteiger partial charge in [0.25, 0.3) is 5.91 Å². The average Bonchev–Trinajstić information content (AvgIpc) is 2.98. The number of carbonyl (C=O) groups is 4. The molecule has 9 nitrogen and oxygen atoms in total. The van der Waals surface area contributed by atoms with Crippen molar-refractivity contribution in [3.8, 4) is 0 Å². The van der Waals surface area contributed by atoms with Crippen LogP contribution in [0.3, 0.4) is 0 Å². The molecule has 0 aromatic heterocycles. The van der Waals surface area contributed by atoms with Gasteiger partial charge in [-0.05, 0) is 44.4 Å². The number of carbonyl (C=O) groups excluding carboxylic acids is 4. The number of likely N-dealkylation sites (tertiary alicyclic amines) is 2. The van der Waals surface area contributed by atoms with Crippen LogP contribution in [0.2, 0.25) is 0 Å². The SMILES string of the molecule is CC(C)(C)OC(=O)N1CC2(CN(Cc3cccc4c3CN(C3CCC(=O)NC3=O)C4=O)C2)C1. The molecule has 1 unspecified atom stereocenters. The molecule has 4 aliphatic rings. The Morgan fingerprint density at radius 3 is 2.55 bits per heavy atom. The summed E-state index contributed by atoms with van der Waals surface area (Å²) in [4.78, 5) is 54.7. The minimum Gasteiger partial charge on any atom is -0.444 e. The lowest BCUT2D eigenvalue weighted by molar-refractivity contribution is -0.136. The molecule has 0 aliphatic carbocycles. The molecule has 1 aromatic carbocycles. The van der Waals surface area contributed by atoms with E-state index in [2.05, 4.69) is 10.2 Å². The molecule has 0 bridgehead atoms. The van der Waals surface area contributed by atoms with Gasteiger partial charge in [-0.15, -0.1) is 0 Å². The predicted octanol–water partition coefficient (Wildman–Crippen LogP) is 1.50. The zero-order chi connectivity index (χ0) is 23.5. The number of ether oxygens (including phenoxy) is 1. The van der Waals surface area contributed by atoms with Gasteiger partial charge in [-0.1, -0.05) is 12.1 Å². The zero-order valence-electron chi connectivity index (χ0n) is 19.3. The van der Waals surface area contributed by atoms with E-state index in [-0.39, 0.29) is 29.7 Å². The van der Waals surface area contributed by atoms with E-state index in [4.69, 9.17) is 4.74 Å². The Morgan fingerprint density at radius 1 is 1.15 bits per heavy atom. The van der Waals surface area contributed by atoms with Gasteiger partial charge in [0, 0.05) is 56.7 Å². The molecule has 0 saturated carbocycles. The third-order valence-electron chi connectivity index (χ3n) is 6.90. The number of hydrogen-bond acceptors (Lipinski definition) is 6. The number of nitrogens with zero attached hydrogens (tertiary/aromatic N) is 3. The number of hydrogen-bond donors (Lipinski definition) is 1. The summed E-state index contributed by atoms with van der Waals surface area (Å²) >= 11 is 0. The Balaban J connectivity index is 1.19. The molecule has 4 amide bonds. The lowest BCUT2D eigenvalue weighted by atomic mass is 9.73. The summed E-state index contributed by atoms with van der Waals surface area (Å²) in [5, 5.41) is 2.35. The number of rotatable bonds is 3. The highest BCUT2D eigenvalue weighted by Gasteiger charge is 2.54. The van der Waals surface area contributed by atoms with Crippen molar-refractivity contribution < 1.29 is 23.9 Å². The van der Waals surface area contributed by atoms with Gasteiger partial charge in [0.05, 0.1) is 0 Å². The third kappa shape index (κ3) is 3.99. The Bertz CT molecular complexity index is 1030. The van der Waals surface area contributed by atoms with Crippen molar-refractivity contribution in [1.29, 1.82) is 0 Å². The van der Waals surface area contributed by atoms with E-state index in [1.807, 2.05) is 39.0 Å². The second kappa shape index (κ2) is 7.55. The third-order valence-corrected chi connectivity index (χ3v) is 6.90. The van der Waals surface area contributed by atoms with Crippen LogP contribution >= 0.6 is 0 Å².